The van der Waals surface area contributed by atoms with E-state index in [9.17, 15) is 13.2 Å². The Balaban J connectivity index is 1.78. The minimum Gasteiger partial charge on any atom is -0.378 e. The summed E-state index contributed by atoms with van der Waals surface area (Å²) in [6, 6.07) is -0.00189. The summed E-state index contributed by atoms with van der Waals surface area (Å²) in [5, 5.41) is 0. The third-order valence-electron chi connectivity index (χ3n) is 4.47. The minimum atomic E-state index is -3.40. The highest BCUT2D eigenvalue weighted by Gasteiger charge is 2.31. The number of ether oxygens (including phenoxy) is 1. The van der Waals surface area contributed by atoms with Crippen molar-refractivity contribution in [3.05, 3.63) is 18.2 Å². The Kier molecular flexibility index (Phi) is 5.00. The van der Waals surface area contributed by atoms with Crippen LogP contribution in [0.15, 0.2) is 17.4 Å². The zero-order chi connectivity index (χ0) is 17.2. The average molecular weight is 354 g/mol. The van der Waals surface area contributed by atoms with E-state index in [1.54, 1.807) is 9.80 Å². The molecule has 8 nitrogen and oxygen atoms in total. The van der Waals surface area contributed by atoms with E-state index in [-0.39, 0.29) is 16.8 Å². The lowest BCUT2D eigenvalue weighted by Gasteiger charge is -2.37. The maximum absolute atomic E-state index is 12.7. The van der Waals surface area contributed by atoms with Gasteiger partial charge in [-0.1, -0.05) is 0 Å². The number of urea groups is 1. The molecule has 2 fully saturated rings. The van der Waals surface area contributed by atoms with Crippen molar-refractivity contribution in [3.8, 4) is 0 Å². The lowest BCUT2D eigenvalue weighted by molar-refractivity contribution is 0.0407. The summed E-state index contributed by atoms with van der Waals surface area (Å²) >= 11 is 0. The van der Waals surface area contributed by atoms with Crippen LogP contribution in [0.4, 0.5) is 4.79 Å². The largest absolute Gasteiger partial charge is 0.378 e. The van der Waals surface area contributed by atoms with Gasteiger partial charge in [0.2, 0.25) is 0 Å². The van der Waals surface area contributed by atoms with Gasteiger partial charge in [-0.15, -0.1) is 0 Å². The van der Waals surface area contributed by atoms with Gasteiger partial charge in [0, 0.05) is 44.5 Å². The molecule has 0 aromatic carbocycles. The normalized spacial score (nSPS) is 22.5. The highest BCUT2D eigenvalue weighted by molar-refractivity contribution is 7.90. The molecule has 0 radical (unpaired) electrons. The third kappa shape index (κ3) is 3.67. The van der Waals surface area contributed by atoms with Crippen molar-refractivity contribution >= 4 is 15.9 Å². The van der Waals surface area contributed by atoms with Gasteiger partial charge in [0.25, 0.3) is 0 Å². The van der Waals surface area contributed by atoms with E-state index in [1.165, 1.54) is 12.5 Å². The smallest absolute Gasteiger partial charge is 0.320 e. The predicted molar refractivity (Wildman–Crippen MR) is 86.5 cm³/mol. The van der Waals surface area contributed by atoms with Crippen molar-refractivity contribution in [1.29, 1.82) is 0 Å². The van der Waals surface area contributed by atoms with Crippen molar-refractivity contribution in [2.75, 3.05) is 45.6 Å². The van der Waals surface area contributed by atoms with Gasteiger partial charge >= 0.3 is 6.03 Å². The summed E-state index contributed by atoms with van der Waals surface area (Å²) in [5.41, 5.74) is 0.520. The summed E-state index contributed by atoms with van der Waals surface area (Å²) in [7, 11) is -3.40. The Morgan fingerprint density at radius 3 is 2.71 bits per heavy atom. The van der Waals surface area contributed by atoms with Crippen molar-refractivity contribution < 1.29 is 17.9 Å². The molecule has 0 spiro atoms. The molecule has 0 N–H and O–H groups in total. The first-order chi connectivity index (χ1) is 11.5. The van der Waals surface area contributed by atoms with E-state index in [1.807, 2.05) is 0 Å². The molecule has 3 heterocycles. The van der Waals surface area contributed by atoms with Crippen molar-refractivity contribution in [2.24, 2.45) is 0 Å². The van der Waals surface area contributed by atoms with Crippen LogP contribution in [0.1, 0.15) is 24.5 Å². The molecule has 1 aromatic heterocycles. The van der Waals surface area contributed by atoms with E-state index in [4.69, 9.17) is 4.74 Å². The summed E-state index contributed by atoms with van der Waals surface area (Å²) in [6.07, 6.45) is 5.52. The minimum absolute atomic E-state index is 0.00189. The number of carbonyl (C=O) groups excluding carboxylic acids is 1. The molecular weight excluding hydrogens is 332 g/mol. The van der Waals surface area contributed by atoms with Crippen LogP contribution in [-0.4, -0.2) is 79.9 Å². The van der Waals surface area contributed by atoms with Gasteiger partial charge in [0.05, 0.1) is 18.9 Å². The fourth-order valence-electron chi connectivity index (χ4n) is 3.25. The lowest BCUT2D eigenvalue weighted by atomic mass is 9.94. The molecule has 2 aliphatic rings. The van der Waals surface area contributed by atoms with Crippen molar-refractivity contribution in [3.63, 3.8) is 0 Å². The van der Waals surface area contributed by atoms with Gasteiger partial charge in [-0.3, -0.25) is 0 Å². The molecule has 0 aliphatic carbocycles. The Labute approximate surface area is 141 Å². The first kappa shape index (κ1) is 17.1. The number of rotatable bonds is 2. The molecule has 132 valence electrons. The highest BCUT2D eigenvalue weighted by atomic mass is 32.2. The first-order valence-electron chi connectivity index (χ1n) is 8.08. The maximum Gasteiger partial charge on any atom is 0.320 e. The zero-order valence-corrected chi connectivity index (χ0v) is 14.5. The number of carbonyl (C=O) groups is 1. The number of hydrogen-bond donors (Lipinski definition) is 0. The van der Waals surface area contributed by atoms with E-state index in [0.717, 1.165) is 19.1 Å². The van der Waals surface area contributed by atoms with Crippen LogP contribution in [-0.2, 0) is 14.6 Å². The van der Waals surface area contributed by atoms with E-state index in [2.05, 4.69) is 9.97 Å². The van der Waals surface area contributed by atoms with Gasteiger partial charge in [-0.2, -0.15) is 0 Å². The van der Waals surface area contributed by atoms with Crippen molar-refractivity contribution in [1.82, 2.24) is 19.8 Å². The quantitative estimate of drug-likeness (QED) is 0.768. The number of amides is 2. The second-order valence-corrected chi connectivity index (χ2v) is 8.20. The Morgan fingerprint density at radius 2 is 2.00 bits per heavy atom. The van der Waals surface area contributed by atoms with E-state index >= 15 is 0 Å². The summed E-state index contributed by atoms with van der Waals surface area (Å²) < 4.78 is 29.2. The van der Waals surface area contributed by atoms with Gasteiger partial charge in [-0.25, -0.2) is 23.2 Å². The van der Waals surface area contributed by atoms with Crippen LogP contribution in [0.25, 0.3) is 0 Å². The van der Waals surface area contributed by atoms with Crippen LogP contribution >= 0.6 is 0 Å². The van der Waals surface area contributed by atoms with Gasteiger partial charge in [0.1, 0.15) is 11.2 Å². The molecule has 9 heteroatoms. The Hall–Kier alpha value is -1.74. The monoisotopic (exact) mass is 354 g/mol. The van der Waals surface area contributed by atoms with E-state index < -0.39 is 9.84 Å². The highest BCUT2D eigenvalue weighted by Crippen LogP contribution is 2.30. The number of piperidine rings is 1. The summed E-state index contributed by atoms with van der Waals surface area (Å²) in [5.74, 6) is -0.0866. The number of nitrogens with zero attached hydrogens (tertiary/aromatic N) is 4. The number of hydrogen-bond acceptors (Lipinski definition) is 6. The standard InChI is InChI=1S/C15H22N4O4S/c1-24(21,22)13-9-16-11-17-14(13)12-3-2-4-19(10-12)15(20)18-5-7-23-8-6-18/h9,11-12H,2-8,10H2,1H3/t12-/m1/s1. The molecule has 2 amide bonds. The molecule has 2 aliphatic heterocycles. The van der Waals surface area contributed by atoms with E-state index in [0.29, 0.717) is 45.1 Å². The lowest BCUT2D eigenvalue weighted by Crippen LogP contribution is -2.50. The molecule has 0 bridgehead atoms. The number of morpholine rings is 1. The average Bonchev–Trinajstić information content (AvgIpc) is 2.61. The van der Waals surface area contributed by atoms with Crippen LogP contribution < -0.4 is 0 Å². The molecule has 0 saturated carbocycles. The van der Waals surface area contributed by atoms with Gasteiger partial charge in [0.15, 0.2) is 9.84 Å². The SMILES string of the molecule is CS(=O)(=O)c1cncnc1[C@@H]1CCCN(C(=O)N2CCOCC2)C1. The third-order valence-corrected chi connectivity index (χ3v) is 5.58. The summed E-state index contributed by atoms with van der Waals surface area (Å²) in [4.78, 5) is 24.5. The molecule has 0 unspecified atom stereocenters. The Morgan fingerprint density at radius 1 is 1.25 bits per heavy atom. The van der Waals surface area contributed by atoms with Crippen LogP contribution in [0.3, 0.4) is 0 Å². The zero-order valence-electron chi connectivity index (χ0n) is 13.7. The second-order valence-electron chi connectivity index (χ2n) is 6.21. The Bertz CT molecular complexity index is 703. The maximum atomic E-state index is 12.7. The number of likely N-dealkylation sites (tertiary alicyclic amines) is 1. The van der Waals surface area contributed by atoms with Crippen LogP contribution in [0.5, 0.6) is 0 Å². The molecule has 24 heavy (non-hydrogen) atoms. The predicted octanol–water partition coefficient (Wildman–Crippen LogP) is 0.512. The fraction of sp³-hybridized carbons (Fsp3) is 0.667. The number of aromatic nitrogens is 2. The summed E-state index contributed by atoms with van der Waals surface area (Å²) in [6.45, 7) is 3.49. The van der Waals surface area contributed by atoms with Crippen LogP contribution in [0, 0.1) is 0 Å². The van der Waals surface area contributed by atoms with Gasteiger partial charge < -0.3 is 14.5 Å². The topological polar surface area (TPSA) is 92.7 Å². The van der Waals surface area contributed by atoms with Gasteiger partial charge in [-0.05, 0) is 12.8 Å². The molecular formula is C15H22N4O4S. The first-order valence-corrected chi connectivity index (χ1v) is 9.97. The molecule has 1 aromatic rings. The second kappa shape index (κ2) is 7.02. The molecule has 2 saturated heterocycles. The molecule has 1 atom stereocenters. The van der Waals surface area contributed by atoms with Crippen LogP contribution in [0.2, 0.25) is 0 Å². The molecule has 3 rings (SSSR count). The van der Waals surface area contributed by atoms with Crippen molar-refractivity contribution in [2.45, 2.75) is 23.7 Å². The fourth-order valence-corrected chi connectivity index (χ4v) is 4.10. The number of sulfone groups is 1.